The highest BCUT2D eigenvalue weighted by molar-refractivity contribution is 5.80. The lowest BCUT2D eigenvalue weighted by molar-refractivity contribution is 0.416. The van der Waals surface area contributed by atoms with Crippen LogP contribution >= 0.6 is 0 Å². The van der Waals surface area contributed by atoms with Crippen molar-refractivity contribution in [3.63, 3.8) is 0 Å². The molecule has 1 aliphatic carbocycles. The number of hydrogen-bond donors (Lipinski definition) is 1. The van der Waals surface area contributed by atoms with E-state index in [1.165, 1.54) is 11.1 Å². The van der Waals surface area contributed by atoms with Crippen molar-refractivity contribution < 1.29 is 5.11 Å². The van der Waals surface area contributed by atoms with Crippen LogP contribution in [-0.4, -0.2) is 21.0 Å². The second-order valence-electron chi connectivity index (χ2n) is 6.78. The molecule has 0 bridgehead atoms. The van der Waals surface area contributed by atoms with Crippen LogP contribution in [0.5, 0.6) is 5.75 Å². The van der Waals surface area contributed by atoms with Gasteiger partial charge in [-0.25, -0.2) is 4.98 Å². The summed E-state index contributed by atoms with van der Waals surface area (Å²) in [6.45, 7) is 0. The number of nitrogens with zero attached hydrogens (tertiary/aromatic N) is 3. The fraction of sp³-hybridized carbons (Fsp3) is 0.286. The zero-order valence-corrected chi connectivity index (χ0v) is 14.5. The van der Waals surface area contributed by atoms with Gasteiger partial charge in [-0.15, -0.1) is 0 Å². The molecule has 0 radical (unpaired) electrons. The van der Waals surface area contributed by atoms with Crippen LogP contribution in [-0.2, 0) is 0 Å². The van der Waals surface area contributed by atoms with Crippen LogP contribution in [0.2, 0.25) is 0 Å². The van der Waals surface area contributed by atoms with Gasteiger partial charge in [-0.05, 0) is 54.8 Å². The summed E-state index contributed by atoms with van der Waals surface area (Å²) in [6.07, 6.45) is 7.29. The topological polar surface area (TPSA) is 67.5 Å². The molecular formula is C21H21N3O2. The summed E-state index contributed by atoms with van der Waals surface area (Å²) in [4.78, 5) is 17.8. The second-order valence-corrected chi connectivity index (χ2v) is 6.78. The Morgan fingerprint density at radius 2 is 1.77 bits per heavy atom. The molecule has 5 nitrogen and oxygen atoms in total. The van der Waals surface area contributed by atoms with Crippen LogP contribution in [0.3, 0.4) is 0 Å². The molecule has 2 aromatic carbocycles. The summed E-state index contributed by atoms with van der Waals surface area (Å²) in [5.41, 5.74) is 1.41. The van der Waals surface area contributed by atoms with E-state index < -0.39 is 0 Å². The van der Waals surface area contributed by atoms with E-state index in [-0.39, 0.29) is 17.2 Å². The number of rotatable bonds is 3. The van der Waals surface area contributed by atoms with E-state index in [0.717, 1.165) is 42.6 Å². The summed E-state index contributed by atoms with van der Waals surface area (Å²) in [5.74, 6) is 1.22. The largest absolute Gasteiger partial charge is 0.508 e. The third kappa shape index (κ3) is 3.25. The van der Waals surface area contributed by atoms with Crippen LogP contribution in [0, 0.1) is 0 Å². The average Bonchev–Trinajstić information content (AvgIpc) is 2.69. The van der Waals surface area contributed by atoms with Crippen molar-refractivity contribution in [1.29, 1.82) is 0 Å². The van der Waals surface area contributed by atoms with Crippen LogP contribution < -0.4 is 5.56 Å². The zero-order chi connectivity index (χ0) is 17.9. The lowest BCUT2D eigenvalue weighted by atomic mass is 9.88. The maximum absolute atomic E-state index is 13.0. The number of hydrogen-bond acceptors (Lipinski definition) is 4. The van der Waals surface area contributed by atoms with Gasteiger partial charge in [-0.2, -0.15) is 9.78 Å². The summed E-state index contributed by atoms with van der Waals surface area (Å²) < 4.78 is 1.46. The standard InChI is InChI=1S/C21H21N3O2/c25-17-12-10-15(11-13-17)14-22-24-20(16-6-2-1-3-7-16)23-19-9-5-4-8-18(19)21(24)26/h4-5,8-14,16,25H,1-3,6-7H2. The van der Waals surface area contributed by atoms with Gasteiger partial charge in [-0.3, -0.25) is 4.79 Å². The monoisotopic (exact) mass is 347 g/mol. The Morgan fingerprint density at radius 1 is 1.04 bits per heavy atom. The van der Waals surface area contributed by atoms with E-state index in [1.54, 1.807) is 36.5 Å². The van der Waals surface area contributed by atoms with E-state index in [4.69, 9.17) is 4.98 Å². The van der Waals surface area contributed by atoms with Gasteiger partial charge >= 0.3 is 0 Å². The Balaban J connectivity index is 1.83. The molecule has 1 aliphatic rings. The molecule has 4 rings (SSSR count). The molecule has 132 valence electrons. The van der Waals surface area contributed by atoms with Gasteiger partial charge in [0.25, 0.3) is 5.56 Å². The molecule has 0 aliphatic heterocycles. The van der Waals surface area contributed by atoms with Crippen molar-refractivity contribution in [1.82, 2.24) is 9.66 Å². The van der Waals surface area contributed by atoms with Crippen molar-refractivity contribution in [2.24, 2.45) is 5.10 Å². The SMILES string of the molecule is O=c1c2ccccc2nc(C2CCCCC2)n1N=Cc1ccc(O)cc1. The van der Waals surface area contributed by atoms with Crippen molar-refractivity contribution in [3.05, 3.63) is 70.3 Å². The zero-order valence-electron chi connectivity index (χ0n) is 14.5. The molecule has 1 heterocycles. The Hall–Kier alpha value is -2.95. The molecule has 0 unspecified atom stereocenters. The van der Waals surface area contributed by atoms with Crippen LogP contribution in [0.4, 0.5) is 0 Å². The molecular weight excluding hydrogens is 326 g/mol. The van der Waals surface area contributed by atoms with E-state index in [2.05, 4.69) is 5.10 Å². The highest BCUT2D eigenvalue weighted by Gasteiger charge is 2.22. The van der Waals surface area contributed by atoms with Gasteiger partial charge in [0.05, 0.1) is 17.1 Å². The predicted molar refractivity (Wildman–Crippen MR) is 103 cm³/mol. The number of aromatic nitrogens is 2. The Kier molecular flexibility index (Phi) is 4.52. The summed E-state index contributed by atoms with van der Waals surface area (Å²) in [6, 6.07) is 14.2. The predicted octanol–water partition coefficient (Wildman–Crippen LogP) is 4.03. The summed E-state index contributed by atoms with van der Waals surface area (Å²) in [7, 11) is 0. The lowest BCUT2D eigenvalue weighted by Gasteiger charge is -2.22. The van der Waals surface area contributed by atoms with Gasteiger partial charge in [-0.1, -0.05) is 31.4 Å². The number of phenols is 1. The quantitative estimate of drug-likeness (QED) is 0.727. The average molecular weight is 347 g/mol. The van der Waals surface area contributed by atoms with Crippen molar-refractivity contribution in [2.45, 2.75) is 38.0 Å². The highest BCUT2D eigenvalue weighted by Crippen LogP contribution is 2.31. The molecule has 26 heavy (non-hydrogen) atoms. The number of phenolic OH excluding ortho intramolecular Hbond substituents is 1. The molecule has 1 aromatic heterocycles. The Labute approximate surface area is 151 Å². The van der Waals surface area contributed by atoms with Gasteiger partial charge in [0.2, 0.25) is 0 Å². The first-order valence-electron chi connectivity index (χ1n) is 9.07. The van der Waals surface area contributed by atoms with Gasteiger partial charge < -0.3 is 5.11 Å². The number of aromatic hydroxyl groups is 1. The molecule has 0 atom stereocenters. The molecule has 0 saturated heterocycles. The molecule has 1 fully saturated rings. The number of benzene rings is 2. The van der Waals surface area contributed by atoms with Gasteiger partial charge in [0, 0.05) is 5.92 Å². The third-order valence-electron chi connectivity index (χ3n) is 4.96. The van der Waals surface area contributed by atoms with Crippen LogP contribution in [0.1, 0.15) is 49.4 Å². The van der Waals surface area contributed by atoms with Crippen LogP contribution in [0.25, 0.3) is 10.9 Å². The second kappa shape index (κ2) is 7.12. The summed E-state index contributed by atoms with van der Waals surface area (Å²) in [5, 5.41) is 14.5. The van der Waals surface area contributed by atoms with Gasteiger partial charge in [0.1, 0.15) is 11.6 Å². The van der Waals surface area contributed by atoms with Crippen molar-refractivity contribution in [2.75, 3.05) is 0 Å². The molecule has 1 N–H and O–H groups in total. The minimum absolute atomic E-state index is 0.133. The molecule has 1 saturated carbocycles. The number of para-hydroxylation sites is 1. The van der Waals surface area contributed by atoms with Gasteiger partial charge in [0.15, 0.2) is 0 Å². The fourth-order valence-electron chi connectivity index (χ4n) is 3.56. The maximum Gasteiger partial charge on any atom is 0.282 e. The Morgan fingerprint density at radius 3 is 2.54 bits per heavy atom. The highest BCUT2D eigenvalue weighted by atomic mass is 16.3. The Bertz CT molecular complexity index is 1000. The van der Waals surface area contributed by atoms with E-state index in [9.17, 15) is 9.90 Å². The van der Waals surface area contributed by atoms with Crippen molar-refractivity contribution >= 4 is 17.1 Å². The van der Waals surface area contributed by atoms with E-state index >= 15 is 0 Å². The minimum Gasteiger partial charge on any atom is -0.508 e. The maximum atomic E-state index is 13.0. The van der Waals surface area contributed by atoms with Crippen molar-refractivity contribution in [3.8, 4) is 5.75 Å². The first kappa shape index (κ1) is 16.5. The third-order valence-corrected chi connectivity index (χ3v) is 4.96. The first-order chi connectivity index (χ1) is 12.7. The number of fused-ring (bicyclic) bond motifs is 1. The minimum atomic E-state index is -0.133. The summed E-state index contributed by atoms with van der Waals surface area (Å²) >= 11 is 0. The molecule has 5 heteroatoms. The van der Waals surface area contributed by atoms with E-state index in [1.807, 2.05) is 18.2 Å². The molecule has 3 aromatic rings. The smallest absolute Gasteiger partial charge is 0.282 e. The molecule has 0 amide bonds. The molecule has 0 spiro atoms. The lowest BCUT2D eigenvalue weighted by Crippen LogP contribution is -2.25. The van der Waals surface area contributed by atoms with Crippen LogP contribution in [0.15, 0.2) is 58.4 Å². The fourth-order valence-corrected chi connectivity index (χ4v) is 3.56. The first-order valence-corrected chi connectivity index (χ1v) is 9.07. The normalized spacial score (nSPS) is 15.7. The van der Waals surface area contributed by atoms with E-state index in [0.29, 0.717) is 5.39 Å².